The first kappa shape index (κ1) is 28.5. The monoisotopic (exact) mass is 488 g/mol. The van der Waals surface area contributed by atoms with Crippen molar-refractivity contribution in [1.29, 1.82) is 0 Å². The molecule has 0 saturated carbocycles. The Morgan fingerprint density at radius 3 is 2.70 bits per heavy atom. The first-order chi connectivity index (χ1) is 15.9. The van der Waals surface area contributed by atoms with Crippen LogP contribution in [0.15, 0.2) is 67.8 Å². The molecule has 0 saturated heterocycles. The summed E-state index contributed by atoms with van der Waals surface area (Å²) in [5, 5.41) is 6.83. The van der Waals surface area contributed by atoms with Crippen LogP contribution < -0.4 is 10.6 Å². The van der Waals surface area contributed by atoms with Crippen molar-refractivity contribution in [2.75, 3.05) is 6.54 Å². The fourth-order valence-corrected chi connectivity index (χ4v) is 3.24. The molecular weight excluding hydrogens is 455 g/mol. The SMILES string of the molecule is C#C/C(=C\CCCC1CC=NC(N/C(C)=C/C=C\CC)=N1)C(=O)NC/C=C(Cl)/C(Cl)=C\CC. The van der Waals surface area contributed by atoms with Gasteiger partial charge in [-0.1, -0.05) is 67.3 Å². The maximum absolute atomic E-state index is 12.3. The van der Waals surface area contributed by atoms with E-state index in [4.69, 9.17) is 29.6 Å². The number of allylic oxidation sites excluding steroid dienone is 8. The summed E-state index contributed by atoms with van der Waals surface area (Å²) in [6.07, 6.45) is 23.8. The van der Waals surface area contributed by atoms with Crippen LogP contribution in [0.1, 0.15) is 59.3 Å². The molecule has 0 radical (unpaired) electrons. The molecule has 1 unspecified atom stereocenters. The maximum Gasteiger partial charge on any atom is 0.259 e. The fraction of sp³-hybridized carbons (Fsp3) is 0.423. The predicted molar refractivity (Wildman–Crippen MR) is 143 cm³/mol. The summed E-state index contributed by atoms with van der Waals surface area (Å²) in [4.78, 5) is 21.3. The van der Waals surface area contributed by atoms with Gasteiger partial charge in [0.1, 0.15) is 0 Å². The molecule has 0 bridgehead atoms. The summed E-state index contributed by atoms with van der Waals surface area (Å²) in [5.41, 5.74) is 1.30. The second-order valence-electron chi connectivity index (χ2n) is 7.38. The van der Waals surface area contributed by atoms with Crippen molar-refractivity contribution in [3.05, 3.63) is 57.8 Å². The number of carbonyl (C=O) groups is 1. The van der Waals surface area contributed by atoms with Crippen molar-refractivity contribution < 1.29 is 4.79 Å². The second kappa shape index (κ2) is 17.0. The minimum absolute atomic E-state index is 0.161. The lowest BCUT2D eigenvalue weighted by molar-refractivity contribution is -0.116. The number of carbonyl (C=O) groups excluding carboxylic acids is 1. The zero-order valence-corrected chi connectivity index (χ0v) is 21.2. The molecule has 1 rings (SSSR count). The summed E-state index contributed by atoms with van der Waals surface area (Å²) in [6.45, 7) is 6.30. The van der Waals surface area contributed by atoms with Gasteiger partial charge in [0.15, 0.2) is 0 Å². The average Bonchev–Trinajstić information content (AvgIpc) is 2.79. The molecule has 7 heteroatoms. The third kappa shape index (κ3) is 12.3. The van der Waals surface area contributed by atoms with E-state index >= 15 is 0 Å². The van der Waals surface area contributed by atoms with E-state index in [-0.39, 0.29) is 18.5 Å². The smallest absolute Gasteiger partial charge is 0.259 e. The maximum atomic E-state index is 12.3. The number of terminal acetylenes is 1. The van der Waals surface area contributed by atoms with Gasteiger partial charge in [-0.05, 0) is 51.2 Å². The average molecular weight is 489 g/mol. The summed E-state index contributed by atoms with van der Waals surface area (Å²) in [6, 6.07) is 0.161. The van der Waals surface area contributed by atoms with Crippen LogP contribution in [0.4, 0.5) is 0 Å². The van der Waals surface area contributed by atoms with Gasteiger partial charge in [-0.25, -0.2) is 9.98 Å². The second-order valence-corrected chi connectivity index (χ2v) is 8.19. The standard InChI is InChI=1S/C26H34Cl2N4O/c1-5-8-9-13-20(4)31-26-30-18-16-22(32-26)15-11-10-14-21(7-3)25(33)29-19-17-24(28)23(27)12-6-2/h3,8-9,12-14,17-18,22H,5-6,10-11,15-16,19H2,1-2,4H3,(H,29,33)(H,31,32)/b9-8-,20-13+,21-14+,23-12+,24-17-. The first-order valence-corrected chi connectivity index (χ1v) is 12.0. The number of hydrogen-bond acceptors (Lipinski definition) is 4. The summed E-state index contributed by atoms with van der Waals surface area (Å²) < 4.78 is 0. The number of hydrogen-bond donors (Lipinski definition) is 2. The highest BCUT2D eigenvalue weighted by atomic mass is 35.5. The minimum atomic E-state index is -0.303. The molecule has 1 aliphatic rings. The van der Waals surface area contributed by atoms with Gasteiger partial charge in [0, 0.05) is 24.9 Å². The molecule has 1 amide bonds. The number of rotatable bonds is 12. The highest BCUT2D eigenvalue weighted by Crippen LogP contribution is 2.18. The molecule has 0 aromatic heterocycles. The van der Waals surface area contributed by atoms with E-state index in [0.717, 1.165) is 37.8 Å². The highest BCUT2D eigenvalue weighted by Gasteiger charge is 2.12. The molecule has 1 aliphatic heterocycles. The zero-order chi connectivity index (χ0) is 24.5. The van der Waals surface area contributed by atoms with E-state index in [1.165, 1.54) is 0 Å². The third-order valence-corrected chi connectivity index (χ3v) is 5.38. The zero-order valence-electron chi connectivity index (χ0n) is 19.7. The van der Waals surface area contributed by atoms with Crippen molar-refractivity contribution in [3.8, 4) is 12.3 Å². The van der Waals surface area contributed by atoms with Crippen LogP contribution in [0.25, 0.3) is 0 Å². The van der Waals surface area contributed by atoms with Crippen LogP contribution in [0.5, 0.6) is 0 Å². The number of halogens is 2. The van der Waals surface area contributed by atoms with E-state index in [1.807, 2.05) is 32.2 Å². The highest BCUT2D eigenvalue weighted by molar-refractivity contribution is 6.43. The van der Waals surface area contributed by atoms with Crippen molar-refractivity contribution in [2.24, 2.45) is 9.98 Å². The van der Waals surface area contributed by atoms with E-state index in [0.29, 0.717) is 28.0 Å². The quantitative estimate of drug-likeness (QED) is 0.150. The molecule has 1 heterocycles. The lowest BCUT2D eigenvalue weighted by atomic mass is 10.1. The van der Waals surface area contributed by atoms with Crippen molar-refractivity contribution in [3.63, 3.8) is 0 Å². The third-order valence-electron chi connectivity index (χ3n) is 4.57. The van der Waals surface area contributed by atoms with Gasteiger partial charge in [0.05, 0.1) is 21.7 Å². The van der Waals surface area contributed by atoms with Gasteiger partial charge in [-0.2, -0.15) is 0 Å². The molecule has 33 heavy (non-hydrogen) atoms. The molecule has 1 atom stereocenters. The fourth-order valence-electron chi connectivity index (χ4n) is 2.85. The van der Waals surface area contributed by atoms with E-state index in [9.17, 15) is 4.79 Å². The lowest BCUT2D eigenvalue weighted by Gasteiger charge is -2.16. The van der Waals surface area contributed by atoms with Crippen molar-refractivity contribution >= 4 is 41.3 Å². The van der Waals surface area contributed by atoms with Gasteiger partial charge in [-0.15, -0.1) is 6.42 Å². The number of aliphatic imine (C=N–C) groups is 2. The van der Waals surface area contributed by atoms with Crippen molar-refractivity contribution in [2.45, 2.75) is 65.3 Å². The Kier molecular flexibility index (Phi) is 14.7. The van der Waals surface area contributed by atoms with Crippen LogP contribution in [0.2, 0.25) is 0 Å². The van der Waals surface area contributed by atoms with Crippen molar-refractivity contribution in [1.82, 2.24) is 10.6 Å². The first-order valence-electron chi connectivity index (χ1n) is 11.3. The lowest BCUT2D eigenvalue weighted by Crippen LogP contribution is -2.25. The predicted octanol–water partition coefficient (Wildman–Crippen LogP) is 6.15. The van der Waals surface area contributed by atoms with Crippen LogP contribution >= 0.6 is 23.2 Å². The molecule has 0 aromatic rings. The number of unbranched alkanes of at least 4 members (excludes halogenated alkanes) is 1. The van der Waals surface area contributed by atoms with Gasteiger partial charge < -0.3 is 10.6 Å². The molecule has 0 fully saturated rings. The van der Waals surface area contributed by atoms with Crippen LogP contribution in [0, 0.1) is 12.3 Å². The van der Waals surface area contributed by atoms with Crippen LogP contribution in [-0.4, -0.2) is 30.7 Å². The number of nitrogens with one attached hydrogen (secondary N) is 2. The van der Waals surface area contributed by atoms with Crippen LogP contribution in [0.3, 0.4) is 0 Å². The topological polar surface area (TPSA) is 65.8 Å². The largest absolute Gasteiger partial charge is 0.348 e. The summed E-state index contributed by atoms with van der Waals surface area (Å²) >= 11 is 12.1. The Labute approximate surface area is 208 Å². The Morgan fingerprint density at radius 2 is 2.00 bits per heavy atom. The molecule has 0 aliphatic carbocycles. The van der Waals surface area contributed by atoms with Gasteiger partial charge in [-0.3, -0.25) is 4.79 Å². The minimum Gasteiger partial charge on any atom is -0.348 e. The van der Waals surface area contributed by atoms with Gasteiger partial charge in [0.25, 0.3) is 5.91 Å². The Morgan fingerprint density at radius 1 is 1.24 bits per heavy atom. The molecule has 0 aromatic carbocycles. The number of amides is 1. The normalized spacial score (nSPS) is 17.7. The van der Waals surface area contributed by atoms with Gasteiger partial charge >= 0.3 is 0 Å². The Balaban J connectivity index is 2.50. The molecule has 0 spiro atoms. The van der Waals surface area contributed by atoms with Gasteiger partial charge in [0.2, 0.25) is 5.96 Å². The Hall–Kier alpha value is -2.55. The number of nitrogens with zero attached hydrogens (tertiary/aromatic N) is 2. The molecule has 5 nitrogen and oxygen atoms in total. The van der Waals surface area contributed by atoms with E-state index in [1.54, 1.807) is 18.2 Å². The molecule has 178 valence electrons. The Bertz CT molecular complexity index is 902. The van der Waals surface area contributed by atoms with Crippen LogP contribution in [-0.2, 0) is 4.79 Å². The molecular formula is C26H34Cl2N4O. The number of guanidine groups is 1. The summed E-state index contributed by atoms with van der Waals surface area (Å²) in [5.74, 6) is 2.78. The summed E-state index contributed by atoms with van der Waals surface area (Å²) in [7, 11) is 0. The van der Waals surface area contributed by atoms with E-state index < -0.39 is 0 Å². The van der Waals surface area contributed by atoms with E-state index in [2.05, 4.69) is 39.5 Å². The molecule has 2 N–H and O–H groups in total.